The van der Waals surface area contributed by atoms with Crippen LogP contribution in [-0.2, 0) is 10.0 Å². The Labute approximate surface area is 93.5 Å². The van der Waals surface area contributed by atoms with Gasteiger partial charge in [-0.05, 0) is 25.2 Å². The van der Waals surface area contributed by atoms with Gasteiger partial charge < -0.3 is 10.5 Å². The molecule has 7 heteroatoms. The Morgan fingerprint density at radius 2 is 2.06 bits per heavy atom. The molecular formula is C9H12N2O4S. The van der Waals surface area contributed by atoms with Crippen molar-refractivity contribution in [2.24, 2.45) is 5.73 Å². The van der Waals surface area contributed by atoms with Crippen molar-refractivity contribution in [3.63, 3.8) is 0 Å². The first-order chi connectivity index (χ1) is 7.42. The molecule has 0 heterocycles. The van der Waals surface area contributed by atoms with Crippen molar-refractivity contribution in [1.82, 2.24) is 4.72 Å². The Balaban J connectivity index is 3.45. The summed E-state index contributed by atoms with van der Waals surface area (Å²) in [6.45, 7) is 0. The van der Waals surface area contributed by atoms with Gasteiger partial charge >= 0.3 is 0 Å². The number of amides is 1. The molecule has 0 saturated heterocycles. The number of hydrogen-bond acceptors (Lipinski definition) is 4. The van der Waals surface area contributed by atoms with Crippen LogP contribution in [0.1, 0.15) is 10.4 Å². The molecule has 0 aliphatic carbocycles. The van der Waals surface area contributed by atoms with Gasteiger partial charge in [0.1, 0.15) is 10.6 Å². The van der Waals surface area contributed by atoms with E-state index >= 15 is 0 Å². The van der Waals surface area contributed by atoms with Gasteiger partial charge in [0.05, 0.1) is 7.11 Å². The van der Waals surface area contributed by atoms with Crippen molar-refractivity contribution >= 4 is 15.9 Å². The second-order valence-electron chi connectivity index (χ2n) is 2.94. The van der Waals surface area contributed by atoms with Crippen molar-refractivity contribution in [2.45, 2.75) is 4.90 Å². The normalized spacial score (nSPS) is 11.1. The van der Waals surface area contributed by atoms with Crippen LogP contribution in [-0.4, -0.2) is 28.5 Å². The molecule has 0 bridgehead atoms. The van der Waals surface area contributed by atoms with E-state index in [0.29, 0.717) is 0 Å². The third-order valence-electron chi connectivity index (χ3n) is 2.01. The SMILES string of the molecule is CNS(=O)(=O)c1cc(C(N)=O)ccc1OC. The van der Waals surface area contributed by atoms with Crippen LogP contribution in [0.25, 0.3) is 0 Å². The highest BCUT2D eigenvalue weighted by Gasteiger charge is 2.19. The lowest BCUT2D eigenvalue weighted by atomic mass is 10.2. The van der Waals surface area contributed by atoms with Gasteiger partial charge in [0.25, 0.3) is 0 Å². The monoisotopic (exact) mass is 244 g/mol. The number of benzene rings is 1. The van der Waals surface area contributed by atoms with E-state index in [4.69, 9.17) is 10.5 Å². The molecule has 1 aromatic carbocycles. The van der Waals surface area contributed by atoms with E-state index in [2.05, 4.69) is 4.72 Å². The number of sulfonamides is 1. The number of hydrogen-bond donors (Lipinski definition) is 2. The number of carbonyl (C=O) groups excluding carboxylic acids is 1. The summed E-state index contributed by atoms with van der Waals surface area (Å²) >= 11 is 0. The topological polar surface area (TPSA) is 98.5 Å². The van der Waals surface area contributed by atoms with Crippen molar-refractivity contribution in [1.29, 1.82) is 0 Å². The molecule has 6 nitrogen and oxygen atoms in total. The van der Waals surface area contributed by atoms with Crippen molar-refractivity contribution in [3.05, 3.63) is 23.8 Å². The molecule has 0 saturated carbocycles. The lowest BCUT2D eigenvalue weighted by molar-refractivity contribution is 0.1000. The second kappa shape index (κ2) is 4.50. The van der Waals surface area contributed by atoms with Gasteiger partial charge in [-0.25, -0.2) is 13.1 Å². The molecule has 0 aliphatic rings. The maximum Gasteiger partial charge on any atom is 0.248 e. The van der Waals surface area contributed by atoms with Crippen LogP contribution in [0.3, 0.4) is 0 Å². The van der Waals surface area contributed by atoms with Crippen LogP contribution in [0, 0.1) is 0 Å². The standard InChI is InChI=1S/C9H12N2O4S/c1-11-16(13,14)8-5-6(9(10)12)3-4-7(8)15-2/h3-5,11H,1-2H3,(H2,10,12). The maximum atomic E-state index is 11.6. The van der Waals surface area contributed by atoms with Gasteiger partial charge in [-0.3, -0.25) is 4.79 Å². The molecule has 1 amide bonds. The number of carbonyl (C=O) groups is 1. The highest BCUT2D eigenvalue weighted by atomic mass is 32.2. The van der Waals surface area contributed by atoms with Crippen LogP contribution in [0.15, 0.2) is 23.1 Å². The molecule has 0 fully saturated rings. The van der Waals surface area contributed by atoms with Gasteiger partial charge in [0, 0.05) is 5.56 Å². The highest BCUT2D eigenvalue weighted by Crippen LogP contribution is 2.24. The first-order valence-corrected chi connectivity index (χ1v) is 5.82. The average molecular weight is 244 g/mol. The van der Waals surface area contributed by atoms with Crippen LogP contribution in [0.4, 0.5) is 0 Å². The number of ether oxygens (including phenoxy) is 1. The van der Waals surface area contributed by atoms with E-state index < -0.39 is 15.9 Å². The third kappa shape index (κ3) is 2.31. The molecule has 16 heavy (non-hydrogen) atoms. The zero-order valence-electron chi connectivity index (χ0n) is 8.85. The minimum Gasteiger partial charge on any atom is -0.495 e. The van der Waals surface area contributed by atoms with Crippen LogP contribution >= 0.6 is 0 Å². The van der Waals surface area contributed by atoms with Gasteiger partial charge in [-0.1, -0.05) is 0 Å². The molecule has 1 rings (SSSR count). The van der Waals surface area contributed by atoms with E-state index in [-0.39, 0.29) is 16.2 Å². The van der Waals surface area contributed by atoms with Gasteiger partial charge in [-0.15, -0.1) is 0 Å². The lowest BCUT2D eigenvalue weighted by Crippen LogP contribution is -2.20. The summed E-state index contributed by atoms with van der Waals surface area (Å²) in [6.07, 6.45) is 0. The van der Waals surface area contributed by atoms with E-state index in [9.17, 15) is 13.2 Å². The van der Waals surface area contributed by atoms with Crippen LogP contribution in [0.5, 0.6) is 5.75 Å². The summed E-state index contributed by atoms with van der Waals surface area (Å²) in [5, 5.41) is 0. The number of nitrogens with two attached hydrogens (primary N) is 1. The molecule has 0 aliphatic heterocycles. The lowest BCUT2D eigenvalue weighted by Gasteiger charge is -2.09. The fourth-order valence-corrected chi connectivity index (χ4v) is 2.07. The quantitative estimate of drug-likeness (QED) is 0.759. The summed E-state index contributed by atoms with van der Waals surface area (Å²) in [6, 6.07) is 3.95. The Bertz CT molecular complexity index is 510. The van der Waals surface area contributed by atoms with Gasteiger partial charge in [0.15, 0.2) is 0 Å². The summed E-state index contributed by atoms with van der Waals surface area (Å²) < 4.78 is 30.3. The predicted molar refractivity (Wildman–Crippen MR) is 57.8 cm³/mol. The number of methoxy groups -OCH3 is 1. The van der Waals surface area contributed by atoms with Gasteiger partial charge in [-0.2, -0.15) is 0 Å². The van der Waals surface area contributed by atoms with Crippen molar-refractivity contribution in [3.8, 4) is 5.75 Å². The molecule has 0 spiro atoms. The summed E-state index contributed by atoms with van der Waals surface area (Å²) in [5.41, 5.74) is 5.17. The average Bonchev–Trinajstić information content (AvgIpc) is 2.28. The van der Waals surface area contributed by atoms with Crippen LogP contribution in [0.2, 0.25) is 0 Å². The van der Waals surface area contributed by atoms with E-state index in [1.54, 1.807) is 0 Å². The molecule has 0 unspecified atom stereocenters. The minimum absolute atomic E-state index is 0.106. The Hall–Kier alpha value is -1.60. The smallest absolute Gasteiger partial charge is 0.248 e. The summed E-state index contributed by atoms with van der Waals surface area (Å²) in [5.74, 6) is -0.547. The Morgan fingerprint density at radius 1 is 1.44 bits per heavy atom. The first kappa shape index (κ1) is 12.5. The molecular weight excluding hydrogens is 232 g/mol. The largest absolute Gasteiger partial charge is 0.495 e. The van der Waals surface area contributed by atoms with Crippen molar-refractivity contribution in [2.75, 3.05) is 14.2 Å². The molecule has 88 valence electrons. The summed E-state index contributed by atoms with van der Waals surface area (Å²) in [4.78, 5) is 10.8. The predicted octanol–water partition coefficient (Wildman–Crippen LogP) is -0.298. The van der Waals surface area contributed by atoms with E-state index in [1.807, 2.05) is 0 Å². The fraction of sp³-hybridized carbons (Fsp3) is 0.222. The third-order valence-corrected chi connectivity index (χ3v) is 3.44. The summed E-state index contributed by atoms with van der Waals surface area (Å²) in [7, 11) is -1.07. The molecule has 0 radical (unpaired) electrons. The molecule has 3 N–H and O–H groups in total. The zero-order valence-corrected chi connectivity index (χ0v) is 9.67. The van der Waals surface area contributed by atoms with E-state index in [1.165, 1.54) is 32.4 Å². The maximum absolute atomic E-state index is 11.6. The number of primary amides is 1. The fourth-order valence-electron chi connectivity index (χ4n) is 1.15. The molecule has 0 atom stereocenters. The highest BCUT2D eigenvalue weighted by molar-refractivity contribution is 7.89. The number of rotatable bonds is 4. The Morgan fingerprint density at radius 3 is 2.50 bits per heavy atom. The Kier molecular flexibility index (Phi) is 3.51. The number of nitrogens with one attached hydrogen (secondary N) is 1. The first-order valence-electron chi connectivity index (χ1n) is 4.33. The zero-order chi connectivity index (χ0) is 12.3. The molecule has 1 aromatic rings. The molecule has 0 aromatic heterocycles. The van der Waals surface area contributed by atoms with Crippen molar-refractivity contribution < 1.29 is 17.9 Å². The minimum atomic E-state index is -3.68. The van der Waals surface area contributed by atoms with E-state index in [0.717, 1.165) is 0 Å². The van der Waals surface area contributed by atoms with Crippen LogP contribution < -0.4 is 15.2 Å². The second-order valence-corrected chi connectivity index (χ2v) is 4.79. The van der Waals surface area contributed by atoms with Gasteiger partial charge in [0.2, 0.25) is 15.9 Å².